The molecule has 0 spiro atoms. The minimum Gasteiger partial charge on any atom is -0.353 e. The summed E-state index contributed by atoms with van der Waals surface area (Å²) in [5.41, 5.74) is 2.49. The van der Waals surface area contributed by atoms with Crippen molar-refractivity contribution in [3.05, 3.63) is 40.9 Å². The van der Waals surface area contributed by atoms with Crippen molar-refractivity contribution in [3.8, 4) is 0 Å². The van der Waals surface area contributed by atoms with Gasteiger partial charge in [0.1, 0.15) is 11.0 Å². The third-order valence-electron chi connectivity index (χ3n) is 2.70. The highest BCUT2D eigenvalue weighted by atomic mass is 35.5. The van der Waals surface area contributed by atoms with Crippen LogP contribution in [0.4, 0.5) is 4.39 Å². The monoisotopic (exact) mass is 234 g/mol. The van der Waals surface area contributed by atoms with Gasteiger partial charge in [-0.15, -0.1) is 0 Å². The summed E-state index contributed by atoms with van der Waals surface area (Å²) in [5, 5.41) is 2.39. The fourth-order valence-electron chi connectivity index (χ4n) is 1.99. The minimum atomic E-state index is -0.254. The average Bonchev–Trinajstić information content (AvgIpc) is 2.56. The molecule has 0 bridgehead atoms. The summed E-state index contributed by atoms with van der Waals surface area (Å²) >= 11 is 5.91. The minimum absolute atomic E-state index is 0.254. The molecule has 1 N–H and O–H groups in total. The average molecular weight is 235 g/mol. The summed E-state index contributed by atoms with van der Waals surface area (Å²) in [5.74, 6) is -0.254. The van der Waals surface area contributed by atoms with Gasteiger partial charge < -0.3 is 4.98 Å². The van der Waals surface area contributed by atoms with Crippen molar-refractivity contribution < 1.29 is 4.39 Å². The molecular formula is C12H8ClFN2. The van der Waals surface area contributed by atoms with E-state index in [4.69, 9.17) is 11.6 Å². The Morgan fingerprint density at radius 3 is 2.88 bits per heavy atom. The molecule has 0 aliphatic carbocycles. The van der Waals surface area contributed by atoms with Crippen LogP contribution in [-0.4, -0.2) is 9.97 Å². The van der Waals surface area contributed by atoms with Gasteiger partial charge in [-0.3, -0.25) is 0 Å². The first-order chi connectivity index (χ1) is 7.65. The molecule has 80 valence electrons. The Hall–Kier alpha value is -1.61. The number of aryl methyl sites for hydroxylation is 1. The van der Waals surface area contributed by atoms with Gasteiger partial charge in [0.05, 0.1) is 11.2 Å². The van der Waals surface area contributed by atoms with Gasteiger partial charge in [0.15, 0.2) is 0 Å². The zero-order valence-corrected chi connectivity index (χ0v) is 9.27. The molecule has 4 heteroatoms. The predicted molar refractivity (Wildman–Crippen MR) is 63.3 cm³/mol. The maximum Gasteiger partial charge on any atom is 0.130 e. The highest BCUT2D eigenvalue weighted by Gasteiger charge is 2.08. The molecule has 0 amide bonds. The first-order valence-corrected chi connectivity index (χ1v) is 5.27. The van der Waals surface area contributed by atoms with Gasteiger partial charge >= 0.3 is 0 Å². The van der Waals surface area contributed by atoms with E-state index in [0.29, 0.717) is 5.15 Å². The molecule has 2 nitrogen and oxygen atoms in total. The highest BCUT2D eigenvalue weighted by Crippen LogP contribution is 2.28. The zero-order chi connectivity index (χ0) is 11.3. The molecule has 0 aliphatic heterocycles. The first kappa shape index (κ1) is 9.60. The summed E-state index contributed by atoms with van der Waals surface area (Å²) in [6.45, 7) is 1.87. The molecule has 1 aromatic carbocycles. The number of hydrogen-bond acceptors (Lipinski definition) is 1. The van der Waals surface area contributed by atoms with Crippen LogP contribution < -0.4 is 0 Å². The van der Waals surface area contributed by atoms with Crippen molar-refractivity contribution in [1.82, 2.24) is 9.97 Å². The molecule has 0 unspecified atom stereocenters. The number of nitrogens with zero attached hydrogens (tertiary/aromatic N) is 1. The summed E-state index contributed by atoms with van der Waals surface area (Å²) in [6.07, 6.45) is 0. The van der Waals surface area contributed by atoms with Crippen molar-refractivity contribution in [3.63, 3.8) is 0 Å². The van der Waals surface area contributed by atoms with Gasteiger partial charge in [-0.2, -0.15) is 0 Å². The van der Waals surface area contributed by atoms with Crippen LogP contribution >= 0.6 is 11.6 Å². The highest BCUT2D eigenvalue weighted by molar-refractivity contribution is 6.30. The number of fused-ring (bicyclic) bond motifs is 3. The molecular weight excluding hydrogens is 227 g/mol. The SMILES string of the molecule is Cc1nc(Cl)cc2c1[nH]c1cc(F)ccc12. The van der Waals surface area contributed by atoms with Gasteiger partial charge in [0.2, 0.25) is 0 Å². The van der Waals surface area contributed by atoms with E-state index >= 15 is 0 Å². The Kier molecular flexibility index (Phi) is 1.91. The second kappa shape index (κ2) is 3.19. The maximum absolute atomic E-state index is 13.1. The van der Waals surface area contributed by atoms with Crippen LogP contribution in [0.1, 0.15) is 5.69 Å². The number of pyridine rings is 1. The number of hydrogen-bond donors (Lipinski definition) is 1. The zero-order valence-electron chi connectivity index (χ0n) is 8.51. The van der Waals surface area contributed by atoms with Gasteiger partial charge in [0.25, 0.3) is 0 Å². The fourth-order valence-corrected chi connectivity index (χ4v) is 2.23. The smallest absolute Gasteiger partial charge is 0.130 e. The summed E-state index contributed by atoms with van der Waals surface area (Å²) < 4.78 is 13.1. The molecule has 16 heavy (non-hydrogen) atoms. The number of H-pyrrole nitrogens is 1. The lowest BCUT2D eigenvalue weighted by Gasteiger charge is -1.96. The molecule has 0 aliphatic rings. The second-order valence-corrected chi connectivity index (χ2v) is 4.16. The summed E-state index contributed by atoms with van der Waals surface area (Å²) in [6, 6.07) is 6.46. The molecule has 2 aromatic heterocycles. The lowest BCUT2D eigenvalue weighted by atomic mass is 10.2. The standard InChI is InChI=1S/C12H8ClFN2/c1-6-12-9(5-11(13)15-6)8-3-2-7(14)4-10(8)16-12/h2-5,16H,1H3. The lowest BCUT2D eigenvalue weighted by Crippen LogP contribution is -1.82. The molecule has 0 saturated carbocycles. The van der Waals surface area contributed by atoms with Crippen LogP contribution in [0, 0.1) is 12.7 Å². The molecule has 2 heterocycles. The van der Waals surface area contributed by atoms with Crippen LogP contribution in [0.5, 0.6) is 0 Å². The number of aromatic amines is 1. The van der Waals surface area contributed by atoms with Gasteiger partial charge in [0, 0.05) is 16.3 Å². The normalized spacial score (nSPS) is 11.4. The largest absolute Gasteiger partial charge is 0.353 e. The fraction of sp³-hybridized carbons (Fsp3) is 0.0833. The van der Waals surface area contributed by atoms with E-state index in [2.05, 4.69) is 9.97 Å². The number of halogens is 2. The third-order valence-corrected chi connectivity index (χ3v) is 2.89. The lowest BCUT2D eigenvalue weighted by molar-refractivity contribution is 0.629. The summed E-state index contributed by atoms with van der Waals surface area (Å²) in [4.78, 5) is 7.31. The Bertz CT molecular complexity index is 703. The third kappa shape index (κ3) is 1.28. The number of nitrogens with one attached hydrogen (secondary N) is 1. The second-order valence-electron chi connectivity index (χ2n) is 3.77. The van der Waals surface area contributed by atoms with E-state index in [1.807, 2.05) is 6.92 Å². The predicted octanol–water partition coefficient (Wildman–Crippen LogP) is 3.82. The van der Waals surface area contributed by atoms with E-state index < -0.39 is 0 Å². The van der Waals surface area contributed by atoms with Gasteiger partial charge in [-0.05, 0) is 31.2 Å². The molecule has 3 rings (SSSR count). The Labute approximate surface area is 96.1 Å². The van der Waals surface area contributed by atoms with Crippen LogP contribution in [0.25, 0.3) is 21.8 Å². The Morgan fingerprint density at radius 1 is 1.25 bits per heavy atom. The van der Waals surface area contributed by atoms with E-state index in [1.54, 1.807) is 12.1 Å². The van der Waals surface area contributed by atoms with E-state index in [-0.39, 0.29) is 5.82 Å². The van der Waals surface area contributed by atoms with Crippen molar-refractivity contribution in [2.24, 2.45) is 0 Å². The van der Waals surface area contributed by atoms with Crippen LogP contribution in [0.3, 0.4) is 0 Å². The van der Waals surface area contributed by atoms with Gasteiger partial charge in [-0.25, -0.2) is 9.37 Å². The number of aromatic nitrogens is 2. The molecule has 0 fully saturated rings. The first-order valence-electron chi connectivity index (χ1n) is 4.89. The Morgan fingerprint density at radius 2 is 2.06 bits per heavy atom. The van der Waals surface area contributed by atoms with Crippen LogP contribution in [0.2, 0.25) is 5.15 Å². The maximum atomic E-state index is 13.1. The molecule has 0 saturated heterocycles. The summed E-state index contributed by atoms with van der Waals surface area (Å²) in [7, 11) is 0. The van der Waals surface area contributed by atoms with E-state index in [9.17, 15) is 4.39 Å². The van der Waals surface area contributed by atoms with Crippen LogP contribution in [-0.2, 0) is 0 Å². The quantitative estimate of drug-likeness (QED) is 0.589. The van der Waals surface area contributed by atoms with Crippen molar-refractivity contribution in [2.75, 3.05) is 0 Å². The van der Waals surface area contributed by atoms with E-state index in [0.717, 1.165) is 27.5 Å². The number of benzene rings is 1. The number of rotatable bonds is 0. The van der Waals surface area contributed by atoms with Crippen molar-refractivity contribution >= 4 is 33.4 Å². The van der Waals surface area contributed by atoms with Crippen molar-refractivity contribution in [2.45, 2.75) is 6.92 Å². The van der Waals surface area contributed by atoms with Crippen LogP contribution in [0.15, 0.2) is 24.3 Å². The van der Waals surface area contributed by atoms with E-state index in [1.165, 1.54) is 12.1 Å². The Balaban J connectivity index is 2.55. The molecule has 3 aromatic rings. The van der Waals surface area contributed by atoms with Crippen molar-refractivity contribution in [1.29, 1.82) is 0 Å². The molecule has 0 atom stereocenters. The van der Waals surface area contributed by atoms with Gasteiger partial charge in [-0.1, -0.05) is 11.6 Å². The molecule has 0 radical (unpaired) electrons. The topological polar surface area (TPSA) is 28.7 Å².